The summed E-state index contributed by atoms with van der Waals surface area (Å²) in [4.78, 5) is 24.5. The van der Waals surface area contributed by atoms with Crippen molar-refractivity contribution >= 4 is 11.8 Å². The molecule has 0 saturated heterocycles. The van der Waals surface area contributed by atoms with Crippen LogP contribution in [-0.2, 0) is 17.7 Å². The molecule has 2 heterocycles. The molecule has 1 aliphatic heterocycles. The summed E-state index contributed by atoms with van der Waals surface area (Å²) in [6.45, 7) is 5.43. The lowest BCUT2D eigenvalue weighted by molar-refractivity contribution is 0.0921. The summed E-state index contributed by atoms with van der Waals surface area (Å²) in [5, 5.41) is 10.2. The van der Waals surface area contributed by atoms with Gasteiger partial charge in [0.2, 0.25) is 0 Å². The van der Waals surface area contributed by atoms with Gasteiger partial charge in [0.1, 0.15) is 5.69 Å². The zero-order chi connectivity index (χ0) is 18.7. The molecule has 0 aliphatic carbocycles. The van der Waals surface area contributed by atoms with E-state index < -0.39 is 0 Å². The lowest BCUT2D eigenvalue weighted by Gasteiger charge is -2.13. The minimum Gasteiger partial charge on any atom is -0.383 e. The van der Waals surface area contributed by atoms with Crippen molar-refractivity contribution in [2.45, 2.75) is 32.9 Å². The first-order valence-electron chi connectivity index (χ1n) is 8.70. The Balaban J connectivity index is 1.58. The summed E-state index contributed by atoms with van der Waals surface area (Å²) in [6.07, 6.45) is 0.662. The number of nitrogens with one attached hydrogen (secondary N) is 2. The minimum absolute atomic E-state index is 0.0173. The van der Waals surface area contributed by atoms with Gasteiger partial charge in [-0.2, -0.15) is 5.10 Å². The van der Waals surface area contributed by atoms with Crippen LogP contribution in [0.25, 0.3) is 0 Å². The van der Waals surface area contributed by atoms with Crippen molar-refractivity contribution in [3.8, 4) is 0 Å². The molecule has 1 atom stereocenters. The van der Waals surface area contributed by atoms with Crippen molar-refractivity contribution < 1.29 is 14.3 Å². The Morgan fingerprint density at radius 3 is 2.77 bits per heavy atom. The van der Waals surface area contributed by atoms with E-state index in [0.717, 1.165) is 16.8 Å². The number of carbonyl (C=O) groups is 2. The van der Waals surface area contributed by atoms with E-state index in [0.29, 0.717) is 37.4 Å². The van der Waals surface area contributed by atoms with E-state index >= 15 is 0 Å². The molecule has 1 unspecified atom stereocenters. The first kappa shape index (κ1) is 18.1. The Kier molecular flexibility index (Phi) is 5.37. The van der Waals surface area contributed by atoms with Crippen LogP contribution in [0, 0.1) is 13.8 Å². The SMILES string of the molecule is COCCNC(=O)c1cc2n(n1)CC(NC(=O)c1ccc(C)cc1C)C2. The van der Waals surface area contributed by atoms with E-state index in [1.54, 1.807) is 17.9 Å². The molecule has 1 aromatic carbocycles. The summed E-state index contributed by atoms with van der Waals surface area (Å²) < 4.78 is 6.70. The molecule has 3 rings (SSSR count). The fourth-order valence-electron chi connectivity index (χ4n) is 3.20. The number of hydrogen-bond donors (Lipinski definition) is 2. The maximum absolute atomic E-state index is 12.5. The molecule has 0 radical (unpaired) electrons. The van der Waals surface area contributed by atoms with Crippen LogP contribution in [0.5, 0.6) is 0 Å². The van der Waals surface area contributed by atoms with Crippen molar-refractivity contribution in [3.05, 3.63) is 52.3 Å². The van der Waals surface area contributed by atoms with Gasteiger partial charge in [-0.1, -0.05) is 17.7 Å². The highest BCUT2D eigenvalue weighted by atomic mass is 16.5. The minimum atomic E-state index is -0.209. The molecule has 0 bridgehead atoms. The Labute approximate surface area is 152 Å². The molecular weight excluding hydrogens is 332 g/mol. The Morgan fingerprint density at radius 1 is 1.27 bits per heavy atom. The Bertz CT molecular complexity index is 805. The van der Waals surface area contributed by atoms with Crippen LogP contribution in [-0.4, -0.2) is 47.9 Å². The second-order valence-electron chi connectivity index (χ2n) is 6.64. The molecule has 7 nitrogen and oxygen atoms in total. The number of benzene rings is 1. The van der Waals surface area contributed by atoms with Gasteiger partial charge in [-0.25, -0.2) is 0 Å². The van der Waals surface area contributed by atoms with E-state index in [4.69, 9.17) is 4.74 Å². The summed E-state index contributed by atoms with van der Waals surface area (Å²) >= 11 is 0. The molecule has 0 saturated carbocycles. The quantitative estimate of drug-likeness (QED) is 0.763. The summed E-state index contributed by atoms with van der Waals surface area (Å²) in [5.41, 5.74) is 4.14. The zero-order valence-electron chi connectivity index (χ0n) is 15.3. The predicted molar refractivity (Wildman–Crippen MR) is 97.3 cm³/mol. The number of fused-ring (bicyclic) bond motifs is 1. The van der Waals surface area contributed by atoms with Gasteiger partial charge in [-0.15, -0.1) is 0 Å². The van der Waals surface area contributed by atoms with Crippen LogP contribution in [0.2, 0.25) is 0 Å². The lowest BCUT2D eigenvalue weighted by Crippen LogP contribution is -2.36. The second kappa shape index (κ2) is 7.70. The molecule has 0 fully saturated rings. The van der Waals surface area contributed by atoms with Crippen molar-refractivity contribution in [2.75, 3.05) is 20.3 Å². The fraction of sp³-hybridized carbons (Fsp3) is 0.421. The summed E-state index contributed by atoms with van der Waals surface area (Å²) in [5.74, 6) is -0.282. The number of nitrogens with zero attached hydrogens (tertiary/aromatic N) is 2. The van der Waals surface area contributed by atoms with E-state index in [-0.39, 0.29) is 17.9 Å². The van der Waals surface area contributed by atoms with Crippen LogP contribution in [0.4, 0.5) is 0 Å². The molecular formula is C19H24N4O3. The number of methoxy groups -OCH3 is 1. The van der Waals surface area contributed by atoms with Crippen LogP contribution in [0.1, 0.15) is 37.7 Å². The molecule has 138 valence electrons. The molecule has 2 amide bonds. The highest BCUT2D eigenvalue weighted by molar-refractivity contribution is 5.96. The molecule has 1 aromatic heterocycles. The van der Waals surface area contributed by atoms with Gasteiger partial charge in [0, 0.05) is 31.3 Å². The molecule has 7 heteroatoms. The van der Waals surface area contributed by atoms with E-state index in [1.165, 1.54) is 0 Å². The fourth-order valence-corrected chi connectivity index (χ4v) is 3.20. The molecule has 2 aromatic rings. The zero-order valence-corrected chi connectivity index (χ0v) is 15.3. The first-order chi connectivity index (χ1) is 12.5. The van der Waals surface area contributed by atoms with Gasteiger partial charge in [-0.05, 0) is 31.5 Å². The third-order valence-electron chi connectivity index (χ3n) is 4.50. The van der Waals surface area contributed by atoms with Crippen LogP contribution in [0.3, 0.4) is 0 Å². The summed E-state index contributed by atoms with van der Waals surface area (Å²) in [7, 11) is 1.59. The first-order valence-corrected chi connectivity index (χ1v) is 8.70. The van der Waals surface area contributed by atoms with Crippen molar-refractivity contribution in [3.63, 3.8) is 0 Å². The van der Waals surface area contributed by atoms with Crippen LogP contribution < -0.4 is 10.6 Å². The number of aromatic nitrogens is 2. The smallest absolute Gasteiger partial charge is 0.271 e. The second-order valence-corrected chi connectivity index (χ2v) is 6.64. The van der Waals surface area contributed by atoms with Crippen LogP contribution in [0.15, 0.2) is 24.3 Å². The molecule has 26 heavy (non-hydrogen) atoms. The maximum Gasteiger partial charge on any atom is 0.271 e. The topological polar surface area (TPSA) is 85.2 Å². The standard InChI is InChI=1S/C19H24N4O3/c1-12-4-5-16(13(2)8-12)18(24)21-14-9-15-10-17(22-23(15)11-14)19(25)20-6-7-26-3/h4-5,8,10,14H,6-7,9,11H2,1-3H3,(H,20,25)(H,21,24). The van der Waals surface area contributed by atoms with Gasteiger partial charge >= 0.3 is 0 Å². The lowest BCUT2D eigenvalue weighted by atomic mass is 10.0. The number of aryl methyl sites for hydroxylation is 2. The number of rotatable bonds is 6. The third-order valence-corrected chi connectivity index (χ3v) is 4.50. The predicted octanol–water partition coefficient (Wildman–Crippen LogP) is 1.23. The average molecular weight is 356 g/mol. The average Bonchev–Trinajstić information content (AvgIpc) is 3.13. The largest absolute Gasteiger partial charge is 0.383 e. The number of hydrogen-bond acceptors (Lipinski definition) is 4. The number of ether oxygens (including phenoxy) is 1. The van der Waals surface area contributed by atoms with Crippen molar-refractivity contribution in [1.82, 2.24) is 20.4 Å². The van der Waals surface area contributed by atoms with E-state index in [2.05, 4.69) is 15.7 Å². The Morgan fingerprint density at radius 2 is 2.08 bits per heavy atom. The van der Waals surface area contributed by atoms with Gasteiger partial charge < -0.3 is 15.4 Å². The molecule has 0 spiro atoms. The van der Waals surface area contributed by atoms with Crippen molar-refractivity contribution in [2.24, 2.45) is 0 Å². The Hall–Kier alpha value is -2.67. The highest BCUT2D eigenvalue weighted by Crippen LogP contribution is 2.17. The molecule has 1 aliphatic rings. The highest BCUT2D eigenvalue weighted by Gasteiger charge is 2.26. The van der Waals surface area contributed by atoms with Gasteiger partial charge in [0.05, 0.1) is 19.2 Å². The maximum atomic E-state index is 12.5. The number of carbonyl (C=O) groups excluding carboxylic acids is 2. The van der Waals surface area contributed by atoms with Gasteiger partial charge in [0.15, 0.2) is 0 Å². The monoisotopic (exact) mass is 356 g/mol. The normalized spacial score (nSPS) is 15.6. The summed E-state index contributed by atoms with van der Waals surface area (Å²) in [6, 6.07) is 7.57. The molecule has 2 N–H and O–H groups in total. The van der Waals surface area contributed by atoms with Crippen LogP contribution >= 0.6 is 0 Å². The number of amides is 2. The third kappa shape index (κ3) is 3.94. The van der Waals surface area contributed by atoms with E-state index in [9.17, 15) is 9.59 Å². The van der Waals surface area contributed by atoms with Gasteiger partial charge in [0.25, 0.3) is 11.8 Å². The van der Waals surface area contributed by atoms with Crippen molar-refractivity contribution in [1.29, 1.82) is 0 Å². The van der Waals surface area contributed by atoms with E-state index in [1.807, 2.05) is 32.0 Å². The van der Waals surface area contributed by atoms with Gasteiger partial charge in [-0.3, -0.25) is 14.3 Å².